The lowest BCUT2D eigenvalue weighted by atomic mass is 9.91. The summed E-state index contributed by atoms with van der Waals surface area (Å²) in [5, 5.41) is 37.0. The van der Waals surface area contributed by atoms with Crippen LogP contribution in [0.1, 0.15) is 101 Å². The first kappa shape index (κ1) is 52.7. The van der Waals surface area contributed by atoms with Crippen molar-refractivity contribution in [2.75, 3.05) is 61.4 Å². The molecule has 2 aromatic carbocycles. The number of piperazine rings is 1. The molecule has 0 spiro atoms. The molecule has 8 heterocycles. The molecule has 412 valence electrons. The van der Waals surface area contributed by atoms with E-state index in [0.717, 1.165) is 98.8 Å². The second kappa shape index (κ2) is 22.6. The third-order valence-electron chi connectivity index (χ3n) is 16.5. The summed E-state index contributed by atoms with van der Waals surface area (Å²) in [5.41, 5.74) is 12.5. The number of nitrogen functional groups attached to an aromatic ring is 1. The van der Waals surface area contributed by atoms with Gasteiger partial charge in [-0.15, -0.1) is 10.2 Å². The number of carbonyl (C=O) groups is 2. The first-order valence-electron chi connectivity index (χ1n) is 27.7. The van der Waals surface area contributed by atoms with Crippen LogP contribution in [0.4, 0.5) is 17.2 Å². The van der Waals surface area contributed by atoms with Gasteiger partial charge in [0.2, 0.25) is 17.7 Å². The number of phenols is 1. The SMILES string of the molecule is Cc1cnc(C)n1-c1ccc([C@H](C)NC(=O)[C@@H]2C[C@@H](O)CN2C(=O)[C@@H](c2cc(OCCN3CCC(O[C@H]4C[C@H](Oc5cc(N6C7CCC6CN(c6cc(-c8ccccc8O)nnc6N)C7)ccn5)C4)CC3)no2)C(C)C)cc1. The van der Waals surface area contributed by atoms with E-state index in [1.54, 1.807) is 18.2 Å². The van der Waals surface area contributed by atoms with E-state index in [2.05, 4.69) is 62.0 Å². The second-order valence-electron chi connectivity index (χ2n) is 22.2. The van der Waals surface area contributed by atoms with Gasteiger partial charge in [0, 0.05) is 118 Å². The van der Waals surface area contributed by atoms with Gasteiger partial charge in [-0.05, 0) is 99.5 Å². The number of piperidine rings is 1. The molecule has 78 heavy (non-hydrogen) atoms. The molecule has 5 N–H and O–H groups in total. The fourth-order valence-electron chi connectivity index (χ4n) is 12.3. The Kier molecular flexibility index (Phi) is 15.3. The number of pyridine rings is 1. The molecule has 1 saturated carbocycles. The number of aryl methyl sites for hydroxylation is 2. The van der Waals surface area contributed by atoms with Gasteiger partial charge in [-0.25, -0.2) is 9.97 Å². The number of amides is 2. The van der Waals surface area contributed by atoms with E-state index in [1.165, 1.54) is 4.90 Å². The zero-order chi connectivity index (χ0) is 54.2. The maximum atomic E-state index is 14.3. The van der Waals surface area contributed by atoms with E-state index in [1.807, 2.05) is 89.5 Å². The van der Waals surface area contributed by atoms with Gasteiger partial charge in [-0.3, -0.25) is 14.5 Å². The number of aromatic nitrogens is 6. The highest BCUT2D eigenvalue weighted by Gasteiger charge is 2.45. The maximum Gasteiger partial charge on any atom is 0.254 e. The van der Waals surface area contributed by atoms with Crippen molar-refractivity contribution in [3.63, 3.8) is 0 Å². The number of phenolic OH excluding ortho intramolecular Hbond substituents is 1. The van der Waals surface area contributed by atoms with Crippen molar-refractivity contribution in [3.05, 3.63) is 108 Å². The van der Waals surface area contributed by atoms with Crippen LogP contribution < -0.4 is 30.3 Å². The molecule has 5 aliphatic rings. The highest BCUT2D eigenvalue weighted by atomic mass is 16.5. The topological polar surface area (TPSA) is 236 Å². The number of likely N-dealkylation sites (tertiary alicyclic amines) is 2. The molecule has 4 aromatic heterocycles. The van der Waals surface area contributed by atoms with Crippen LogP contribution in [0.15, 0.2) is 89.7 Å². The molecule has 2 bridgehead atoms. The summed E-state index contributed by atoms with van der Waals surface area (Å²) in [4.78, 5) is 45.7. The number of benzene rings is 2. The Hall–Kier alpha value is -7.29. The molecule has 4 aliphatic heterocycles. The summed E-state index contributed by atoms with van der Waals surface area (Å²) in [6.07, 6.45) is 9.04. The number of fused-ring (bicyclic) bond motifs is 2. The summed E-state index contributed by atoms with van der Waals surface area (Å²) in [7, 11) is 0. The van der Waals surface area contributed by atoms with E-state index in [9.17, 15) is 19.8 Å². The van der Waals surface area contributed by atoms with Crippen LogP contribution in [-0.4, -0.2) is 150 Å². The molecule has 2 amide bonds. The van der Waals surface area contributed by atoms with Gasteiger partial charge in [0.15, 0.2) is 11.6 Å². The maximum absolute atomic E-state index is 14.3. The number of para-hydroxylation sites is 1. The second-order valence-corrected chi connectivity index (χ2v) is 22.2. The van der Waals surface area contributed by atoms with Crippen LogP contribution in [0.3, 0.4) is 0 Å². The molecule has 2 unspecified atom stereocenters. The largest absolute Gasteiger partial charge is 0.507 e. The van der Waals surface area contributed by atoms with Crippen LogP contribution in [0.5, 0.6) is 17.5 Å². The number of nitrogens with zero attached hydrogens (tertiary/aromatic N) is 10. The molecule has 11 rings (SSSR count). The van der Waals surface area contributed by atoms with Crippen LogP contribution >= 0.6 is 0 Å². The molecule has 0 radical (unpaired) electrons. The Labute approximate surface area is 454 Å². The van der Waals surface area contributed by atoms with E-state index in [0.29, 0.717) is 47.7 Å². The van der Waals surface area contributed by atoms with Crippen LogP contribution in [0.2, 0.25) is 0 Å². The normalized spacial score (nSPS) is 23.3. The van der Waals surface area contributed by atoms with Crippen molar-refractivity contribution in [3.8, 4) is 34.5 Å². The lowest BCUT2D eigenvalue weighted by molar-refractivity contribution is -0.141. The Morgan fingerprint density at radius 2 is 1.60 bits per heavy atom. The lowest BCUT2D eigenvalue weighted by Crippen LogP contribution is -2.54. The van der Waals surface area contributed by atoms with Crippen molar-refractivity contribution in [2.45, 2.75) is 134 Å². The molecule has 20 nitrogen and oxygen atoms in total. The molecule has 20 heteroatoms. The highest BCUT2D eigenvalue weighted by molar-refractivity contribution is 5.91. The first-order chi connectivity index (χ1) is 37.7. The van der Waals surface area contributed by atoms with Gasteiger partial charge >= 0.3 is 0 Å². The van der Waals surface area contributed by atoms with Gasteiger partial charge in [0.1, 0.15) is 36.2 Å². The lowest BCUT2D eigenvalue weighted by Gasteiger charge is -2.43. The van der Waals surface area contributed by atoms with Crippen LogP contribution in [0.25, 0.3) is 16.9 Å². The summed E-state index contributed by atoms with van der Waals surface area (Å²) in [6.45, 7) is 14.2. The minimum absolute atomic E-state index is 0.0483. The molecule has 4 saturated heterocycles. The zero-order valence-corrected chi connectivity index (χ0v) is 45.1. The van der Waals surface area contributed by atoms with E-state index >= 15 is 0 Å². The van der Waals surface area contributed by atoms with Crippen molar-refractivity contribution in [2.24, 2.45) is 5.92 Å². The molecule has 6 aromatic rings. The Balaban J connectivity index is 0.602. The van der Waals surface area contributed by atoms with E-state index in [-0.39, 0.29) is 72.9 Å². The quantitative estimate of drug-likeness (QED) is 0.0717. The molecule has 6 atom stereocenters. The summed E-state index contributed by atoms with van der Waals surface area (Å²) in [6, 6.07) is 22.3. The number of hydrogen-bond acceptors (Lipinski definition) is 17. The van der Waals surface area contributed by atoms with Gasteiger partial charge < -0.3 is 59.3 Å². The summed E-state index contributed by atoms with van der Waals surface area (Å²) >= 11 is 0. The van der Waals surface area contributed by atoms with Gasteiger partial charge in [0.25, 0.3) is 5.88 Å². The van der Waals surface area contributed by atoms with Crippen LogP contribution in [0, 0.1) is 19.8 Å². The number of rotatable bonds is 18. The van der Waals surface area contributed by atoms with Crippen molar-refractivity contribution >= 4 is 29.0 Å². The average Bonchev–Trinajstić information content (AvgIpc) is 4.29. The minimum Gasteiger partial charge on any atom is -0.507 e. The zero-order valence-electron chi connectivity index (χ0n) is 45.1. The number of hydrogen-bond donors (Lipinski definition) is 4. The summed E-state index contributed by atoms with van der Waals surface area (Å²) in [5.74, 6) is 1.21. The van der Waals surface area contributed by atoms with Gasteiger partial charge in [0.05, 0.1) is 35.7 Å². The number of nitrogens with two attached hydrogens (primary N) is 1. The Bertz CT molecular complexity index is 3030. The number of anilines is 3. The van der Waals surface area contributed by atoms with E-state index in [4.69, 9.17) is 24.5 Å². The fraction of sp³-hybridized carbons (Fsp3) is 0.500. The molecule has 1 aliphatic carbocycles. The number of aliphatic hydroxyl groups excluding tert-OH is 1. The van der Waals surface area contributed by atoms with Crippen LogP contribution in [-0.2, 0) is 14.3 Å². The number of nitrogens with one attached hydrogen (secondary N) is 1. The molecular weight excluding hydrogens is 993 g/mol. The van der Waals surface area contributed by atoms with E-state index < -0.39 is 18.1 Å². The van der Waals surface area contributed by atoms with Crippen molar-refractivity contribution in [1.29, 1.82) is 0 Å². The van der Waals surface area contributed by atoms with Gasteiger partial charge in [-0.1, -0.05) is 38.1 Å². The number of ether oxygens (including phenoxy) is 3. The third-order valence-corrected chi connectivity index (χ3v) is 16.5. The summed E-state index contributed by atoms with van der Waals surface area (Å²) < 4.78 is 26.8. The smallest absolute Gasteiger partial charge is 0.254 e. The van der Waals surface area contributed by atoms with Crippen molar-refractivity contribution in [1.82, 2.24) is 45.0 Å². The monoisotopic (exact) mass is 1060 g/mol. The standard InChI is InChI=1S/C58H72N12O8/c1-34(2)55(58(74)68-33-43(71)25-50(68)57(73)62-36(4)38-10-12-39(13-11-38)69-35(3)30-61-37(69)5)52-29-54(65-78-52)75-23-22-66-20-17-44(18-21-66)76-45-26-46(27-45)77-53-24-40(16-19-60-53)70-41-14-15-42(70)32-67(31-41)49-28-48(63-64-56(49)59)47-8-6-7-9-51(47)72/h6-13,16,19,24,28-30,34,36,41-46,50,55,71-72H,14-15,17-18,20-23,25-27,31-33H2,1-5H3,(H2,59,64)(H,62,73)/t36-,41?,42?,43+,45-,46-,50-,55+/m0/s1. The Morgan fingerprint density at radius 1 is 0.846 bits per heavy atom. The predicted molar refractivity (Wildman–Crippen MR) is 293 cm³/mol. The van der Waals surface area contributed by atoms with Crippen molar-refractivity contribution < 1.29 is 38.5 Å². The van der Waals surface area contributed by atoms with Gasteiger partial charge in [-0.2, -0.15) is 0 Å². The highest BCUT2D eigenvalue weighted by Crippen LogP contribution is 2.41. The fourth-order valence-corrected chi connectivity index (χ4v) is 12.3. The Morgan fingerprint density at radius 3 is 2.32 bits per heavy atom. The molecular formula is C58H72N12O8. The minimum atomic E-state index is -0.837. The first-order valence-corrected chi connectivity index (χ1v) is 27.7. The molecule has 5 fully saturated rings. The number of aromatic hydroxyl groups is 1. The average molecular weight is 1070 g/mol. The predicted octanol–water partition coefficient (Wildman–Crippen LogP) is 6.52. The number of aliphatic hydroxyl groups is 1. The number of carbonyl (C=O) groups excluding carboxylic acids is 2. The number of imidazole rings is 1. The third kappa shape index (κ3) is 11.2. The number of β-amino-alcohol motifs (C(OH)–C–C–N with tert-alkyl or cyclic N) is 1.